The van der Waals surface area contributed by atoms with Gasteiger partial charge in [-0.15, -0.1) is 0 Å². The lowest BCUT2D eigenvalue weighted by Crippen LogP contribution is -2.26. The molecule has 1 aliphatic carbocycles. The second-order valence-corrected chi connectivity index (χ2v) is 22.2. The van der Waals surface area contributed by atoms with Crippen molar-refractivity contribution >= 4 is 40.1 Å². The van der Waals surface area contributed by atoms with Gasteiger partial charge in [0.25, 0.3) is 0 Å². The minimum Gasteiger partial charge on any atom is -0.464 e. The SMILES string of the molecule is C=C/C=C\C=Cc1ccc(C)c(N2C(=C)/C=C(/C(C)(C)CCC(C)(C)C)CC(C)c3c2cc(C)cc3N(c2cc3c(cc2C)C(C)(C)CC3(C)C)c2cccc3c2C(=C)/C=C\C=C/O3)c1. The van der Waals surface area contributed by atoms with Crippen LogP contribution in [-0.2, 0) is 10.8 Å². The topological polar surface area (TPSA) is 15.7 Å². The molecule has 3 heteroatoms. The average molecular weight is 863 g/mol. The highest BCUT2D eigenvalue weighted by Crippen LogP contribution is 2.56. The zero-order valence-electron chi connectivity index (χ0n) is 41.9. The number of benzene rings is 4. The molecule has 0 aromatic heterocycles. The van der Waals surface area contributed by atoms with Gasteiger partial charge in [0.05, 0.1) is 23.3 Å². The molecule has 2 aliphatic heterocycles. The van der Waals surface area contributed by atoms with Gasteiger partial charge in [0.2, 0.25) is 0 Å². The summed E-state index contributed by atoms with van der Waals surface area (Å²) in [6.07, 6.45) is 24.5. The summed E-state index contributed by atoms with van der Waals surface area (Å²) in [5.41, 5.74) is 19.0. The lowest BCUT2D eigenvalue weighted by molar-refractivity contribution is 0.282. The highest BCUT2D eigenvalue weighted by Gasteiger charge is 2.43. The van der Waals surface area contributed by atoms with E-state index in [-0.39, 0.29) is 27.6 Å². The minimum absolute atomic E-state index is 0.00122. The number of hydrogen-bond donors (Lipinski definition) is 0. The molecule has 4 aromatic rings. The van der Waals surface area contributed by atoms with Gasteiger partial charge in [-0.25, -0.2) is 0 Å². The molecule has 65 heavy (non-hydrogen) atoms. The van der Waals surface area contributed by atoms with Gasteiger partial charge in [-0.05, 0) is 162 Å². The lowest BCUT2D eigenvalue weighted by Gasteiger charge is -2.41. The van der Waals surface area contributed by atoms with Gasteiger partial charge < -0.3 is 14.5 Å². The van der Waals surface area contributed by atoms with E-state index >= 15 is 0 Å². The fourth-order valence-electron chi connectivity index (χ4n) is 10.7. The van der Waals surface area contributed by atoms with Crippen LogP contribution in [0.2, 0.25) is 0 Å². The number of hydrogen-bond acceptors (Lipinski definition) is 3. The van der Waals surface area contributed by atoms with Crippen LogP contribution in [0.3, 0.4) is 0 Å². The maximum atomic E-state index is 6.41. The van der Waals surface area contributed by atoms with Crippen LogP contribution in [0.4, 0.5) is 28.4 Å². The van der Waals surface area contributed by atoms with Crippen molar-refractivity contribution in [3.8, 4) is 5.75 Å². The number of aryl methyl sites for hydroxylation is 3. The van der Waals surface area contributed by atoms with E-state index in [2.05, 4.69) is 198 Å². The van der Waals surface area contributed by atoms with E-state index in [9.17, 15) is 0 Å². The number of anilines is 5. The molecule has 3 nitrogen and oxygen atoms in total. The van der Waals surface area contributed by atoms with E-state index in [4.69, 9.17) is 11.3 Å². The highest BCUT2D eigenvalue weighted by atomic mass is 16.5. The first-order valence-electron chi connectivity index (χ1n) is 23.7. The van der Waals surface area contributed by atoms with Crippen molar-refractivity contribution in [1.29, 1.82) is 0 Å². The molecule has 0 bridgehead atoms. The normalized spacial score (nSPS) is 19.9. The van der Waals surface area contributed by atoms with E-state index < -0.39 is 0 Å². The highest BCUT2D eigenvalue weighted by molar-refractivity contribution is 5.95. The summed E-state index contributed by atoms with van der Waals surface area (Å²) in [5, 5.41) is 0. The molecular weight excluding hydrogens is 789 g/mol. The summed E-state index contributed by atoms with van der Waals surface area (Å²) in [6.45, 7) is 44.3. The molecule has 2 heterocycles. The third kappa shape index (κ3) is 9.62. The summed E-state index contributed by atoms with van der Waals surface area (Å²) >= 11 is 0. The molecule has 1 atom stereocenters. The van der Waals surface area contributed by atoms with Gasteiger partial charge in [-0.1, -0.05) is 161 Å². The minimum atomic E-state index is -0.0610. The Morgan fingerprint density at radius 2 is 1.51 bits per heavy atom. The number of rotatable bonds is 10. The Hall–Kier alpha value is -5.80. The van der Waals surface area contributed by atoms with Gasteiger partial charge in [-0.2, -0.15) is 0 Å². The molecule has 7 rings (SSSR count). The third-order valence-corrected chi connectivity index (χ3v) is 14.1. The van der Waals surface area contributed by atoms with Crippen LogP contribution < -0.4 is 14.5 Å². The van der Waals surface area contributed by atoms with Gasteiger partial charge in [0, 0.05) is 28.2 Å². The molecular formula is C62H74N2O. The van der Waals surface area contributed by atoms with Crippen LogP contribution in [0, 0.1) is 31.6 Å². The Balaban J connectivity index is 1.59. The molecule has 3 aliphatic rings. The van der Waals surface area contributed by atoms with Gasteiger partial charge in [0.1, 0.15) is 5.75 Å². The number of allylic oxidation sites excluding steroid dienone is 10. The number of ether oxygens (including phenoxy) is 1. The van der Waals surface area contributed by atoms with Crippen molar-refractivity contribution < 1.29 is 4.74 Å². The monoisotopic (exact) mass is 863 g/mol. The smallest absolute Gasteiger partial charge is 0.136 e. The predicted molar refractivity (Wildman–Crippen MR) is 284 cm³/mol. The quantitative estimate of drug-likeness (QED) is 0.148. The molecule has 0 fully saturated rings. The van der Waals surface area contributed by atoms with Crippen LogP contribution in [0.5, 0.6) is 5.75 Å². The summed E-state index contributed by atoms with van der Waals surface area (Å²) in [4.78, 5) is 5.01. The zero-order chi connectivity index (χ0) is 47.2. The molecule has 4 aromatic carbocycles. The maximum Gasteiger partial charge on any atom is 0.136 e. The zero-order valence-corrected chi connectivity index (χ0v) is 41.9. The fourth-order valence-corrected chi connectivity index (χ4v) is 10.7. The summed E-state index contributed by atoms with van der Waals surface area (Å²) in [7, 11) is 0. The Bertz CT molecular complexity index is 2700. The number of fused-ring (bicyclic) bond motifs is 3. The lowest BCUT2D eigenvalue weighted by atomic mass is 9.71. The molecule has 0 saturated carbocycles. The Labute approximate surface area is 393 Å². The van der Waals surface area contributed by atoms with Gasteiger partial charge in [-0.3, -0.25) is 0 Å². The van der Waals surface area contributed by atoms with Gasteiger partial charge in [0.15, 0.2) is 0 Å². The maximum absolute atomic E-state index is 6.41. The Morgan fingerprint density at radius 3 is 2.22 bits per heavy atom. The third-order valence-electron chi connectivity index (χ3n) is 14.1. The van der Waals surface area contributed by atoms with Crippen LogP contribution in [0.1, 0.15) is 145 Å². The summed E-state index contributed by atoms with van der Waals surface area (Å²) < 4.78 is 6.41. The second-order valence-electron chi connectivity index (χ2n) is 22.2. The Kier molecular flexibility index (Phi) is 13.0. The van der Waals surface area contributed by atoms with Crippen molar-refractivity contribution in [2.75, 3.05) is 9.80 Å². The van der Waals surface area contributed by atoms with Crippen LogP contribution >= 0.6 is 0 Å². The first-order valence-corrected chi connectivity index (χ1v) is 23.7. The van der Waals surface area contributed by atoms with E-state index in [0.29, 0.717) is 0 Å². The molecule has 338 valence electrons. The van der Waals surface area contributed by atoms with E-state index in [0.717, 1.165) is 76.6 Å². The largest absolute Gasteiger partial charge is 0.464 e. The second kappa shape index (κ2) is 17.9. The van der Waals surface area contributed by atoms with Crippen molar-refractivity contribution in [3.05, 3.63) is 191 Å². The van der Waals surface area contributed by atoms with Gasteiger partial charge >= 0.3 is 0 Å². The molecule has 0 saturated heterocycles. The average Bonchev–Trinajstić information content (AvgIpc) is 3.39. The van der Waals surface area contributed by atoms with Crippen LogP contribution in [0.15, 0.2) is 147 Å². The van der Waals surface area contributed by atoms with Crippen molar-refractivity contribution in [2.24, 2.45) is 10.8 Å². The van der Waals surface area contributed by atoms with E-state index in [1.807, 2.05) is 24.3 Å². The number of nitrogens with zero attached hydrogens (tertiary/aromatic N) is 2. The first-order chi connectivity index (χ1) is 30.5. The molecule has 0 amide bonds. The van der Waals surface area contributed by atoms with Crippen LogP contribution in [-0.4, -0.2) is 0 Å². The van der Waals surface area contributed by atoms with E-state index in [1.165, 1.54) is 44.6 Å². The molecule has 0 N–H and O–H groups in total. The van der Waals surface area contributed by atoms with Crippen molar-refractivity contribution in [3.63, 3.8) is 0 Å². The summed E-state index contributed by atoms with van der Waals surface area (Å²) in [5.74, 6) is 0.912. The van der Waals surface area contributed by atoms with E-state index in [1.54, 1.807) is 12.3 Å². The van der Waals surface area contributed by atoms with Crippen molar-refractivity contribution in [2.45, 2.75) is 132 Å². The first kappa shape index (κ1) is 47.2. The molecule has 0 spiro atoms. The fraction of sp³-hybridized carbons (Fsp3) is 0.355. The van der Waals surface area contributed by atoms with Crippen LogP contribution in [0.25, 0.3) is 11.6 Å². The molecule has 1 unspecified atom stereocenters. The van der Waals surface area contributed by atoms with Crippen molar-refractivity contribution in [1.82, 2.24) is 0 Å². The Morgan fingerprint density at radius 1 is 0.785 bits per heavy atom. The predicted octanol–water partition coefficient (Wildman–Crippen LogP) is 18.2. The summed E-state index contributed by atoms with van der Waals surface area (Å²) in [6, 6.07) is 23.0. The standard InChI is InChI=1S/C62H74N2O/c1-17-18-19-20-25-47-29-28-42(3)52(38-47)63-46(7)37-48(60(11,12)31-30-59(8,9)10)35-45(6)57-54(63)33-41(2)34-55(57)64(51-26-23-27-56-58(51)43(4)24-21-22-32-65-56)53-39-50-49(36-44(53)5)61(13,14)40-62(50,15)16/h17-29,32-34,36-39,45H,1,4,7,30-31,35,40H2,2-3,5-6,8-16H3/b19-18-,24-21-,25-20?,32-22-,48-37+. The molecule has 0 radical (unpaired) electrons.